The Hall–Kier alpha value is -3.40. The zero-order valence-corrected chi connectivity index (χ0v) is 15.4. The molecule has 10 heteroatoms. The van der Waals surface area contributed by atoms with Crippen LogP contribution in [0.4, 0.5) is 15.9 Å². The molecule has 2 aromatic carbocycles. The van der Waals surface area contributed by atoms with Gasteiger partial charge in [0.1, 0.15) is 23.8 Å². The maximum absolute atomic E-state index is 14.0. The summed E-state index contributed by atoms with van der Waals surface area (Å²) in [5.74, 6) is -0.237. The molecule has 2 N–H and O–H groups in total. The van der Waals surface area contributed by atoms with Crippen LogP contribution in [-0.2, 0) is 6.61 Å². The molecule has 0 bridgehead atoms. The standard InChI is InChI=1S/C18H15FN4O4S/c1-26-12-6-7-15(24)11(8-12)10-27-18-20-9-13(19)17(21-18)23-28-16-5-3-2-4-14(16)22-25/h2-9,24H,10H2,1H3,(H,20,21,23). The van der Waals surface area contributed by atoms with Gasteiger partial charge in [0.2, 0.25) is 0 Å². The molecule has 0 atom stereocenters. The average molecular weight is 402 g/mol. The van der Waals surface area contributed by atoms with Crippen molar-refractivity contribution in [1.29, 1.82) is 0 Å². The van der Waals surface area contributed by atoms with Crippen molar-refractivity contribution in [2.24, 2.45) is 5.18 Å². The molecule has 0 fully saturated rings. The van der Waals surface area contributed by atoms with Crippen LogP contribution in [0.5, 0.6) is 17.5 Å². The highest BCUT2D eigenvalue weighted by Crippen LogP contribution is 2.30. The number of aromatic hydroxyl groups is 1. The first-order valence-electron chi connectivity index (χ1n) is 7.97. The number of phenolic OH excluding ortho intramolecular Hbond substituents is 1. The molecule has 28 heavy (non-hydrogen) atoms. The van der Waals surface area contributed by atoms with E-state index in [0.717, 1.165) is 18.1 Å². The third-order valence-corrected chi connectivity index (χ3v) is 4.45. The fraction of sp³-hybridized carbons (Fsp3) is 0.111. The predicted molar refractivity (Wildman–Crippen MR) is 102 cm³/mol. The van der Waals surface area contributed by atoms with Crippen molar-refractivity contribution in [1.82, 2.24) is 9.97 Å². The van der Waals surface area contributed by atoms with Crippen molar-refractivity contribution >= 4 is 23.5 Å². The first-order chi connectivity index (χ1) is 13.6. The third kappa shape index (κ3) is 4.65. The monoisotopic (exact) mass is 402 g/mol. The Bertz CT molecular complexity index is 990. The van der Waals surface area contributed by atoms with Crippen LogP contribution >= 0.6 is 11.9 Å². The largest absolute Gasteiger partial charge is 0.508 e. The van der Waals surface area contributed by atoms with Gasteiger partial charge in [0.05, 0.1) is 18.2 Å². The van der Waals surface area contributed by atoms with Gasteiger partial charge in [-0.05, 0) is 47.5 Å². The summed E-state index contributed by atoms with van der Waals surface area (Å²) in [6.07, 6.45) is 0.959. The van der Waals surface area contributed by atoms with Crippen molar-refractivity contribution in [3.8, 4) is 17.5 Å². The van der Waals surface area contributed by atoms with E-state index in [4.69, 9.17) is 9.47 Å². The first-order valence-corrected chi connectivity index (χ1v) is 8.79. The van der Waals surface area contributed by atoms with Gasteiger partial charge in [-0.3, -0.25) is 0 Å². The Balaban J connectivity index is 1.70. The van der Waals surface area contributed by atoms with Gasteiger partial charge in [0, 0.05) is 5.56 Å². The summed E-state index contributed by atoms with van der Waals surface area (Å²) in [6.45, 7) is -0.0425. The number of nitroso groups, excluding NO2 is 1. The van der Waals surface area contributed by atoms with Crippen LogP contribution < -0.4 is 14.2 Å². The number of hydrogen-bond donors (Lipinski definition) is 2. The minimum Gasteiger partial charge on any atom is -0.508 e. The van der Waals surface area contributed by atoms with E-state index in [-0.39, 0.29) is 29.9 Å². The van der Waals surface area contributed by atoms with Crippen molar-refractivity contribution in [3.05, 3.63) is 64.9 Å². The Morgan fingerprint density at radius 1 is 1.29 bits per heavy atom. The molecule has 0 aliphatic carbocycles. The van der Waals surface area contributed by atoms with Gasteiger partial charge in [-0.25, -0.2) is 9.37 Å². The number of phenols is 1. The first kappa shape index (κ1) is 19.4. The van der Waals surface area contributed by atoms with Gasteiger partial charge in [-0.1, -0.05) is 12.1 Å². The number of benzene rings is 2. The van der Waals surface area contributed by atoms with E-state index in [1.807, 2.05) is 0 Å². The van der Waals surface area contributed by atoms with Gasteiger partial charge >= 0.3 is 6.01 Å². The zero-order valence-electron chi connectivity index (χ0n) is 14.6. The molecule has 0 saturated carbocycles. The minimum absolute atomic E-state index is 0.0229. The maximum atomic E-state index is 14.0. The molecular formula is C18H15FN4O4S. The summed E-state index contributed by atoms with van der Waals surface area (Å²) in [7, 11) is 1.51. The fourth-order valence-corrected chi connectivity index (χ4v) is 2.87. The molecule has 0 aliphatic rings. The number of rotatable bonds is 8. The van der Waals surface area contributed by atoms with Gasteiger partial charge in [-0.15, -0.1) is 4.91 Å². The molecule has 8 nitrogen and oxygen atoms in total. The molecule has 0 amide bonds. The predicted octanol–water partition coefficient (Wildman–Crippen LogP) is 4.43. The summed E-state index contributed by atoms with van der Waals surface area (Å²) in [6, 6.07) is 11.2. The van der Waals surface area contributed by atoms with E-state index < -0.39 is 5.82 Å². The van der Waals surface area contributed by atoms with E-state index in [9.17, 15) is 14.4 Å². The molecule has 3 rings (SSSR count). The molecule has 1 heterocycles. The topological polar surface area (TPSA) is 106 Å². The summed E-state index contributed by atoms with van der Waals surface area (Å²) in [5.41, 5.74) is 0.682. The van der Waals surface area contributed by atoms with Crippen LogP contribution in [0.2, 0.25) is 0 Å². The summed E-state index contributed by atoms with van der Waals surface area (Å²) in [5, 5.41) is 12.8. The highest BCUT2D eigenvalue weighted by Gasteiger charge is 2.11. The Morgan fingerprint density at radius 3 is 2.89 bits per heavy atom. The van der Waals surface area contributed by atoms with Gasteiger partial charge < -0.3 is 19.3 Å². The lowest BCUT2D eigenvalue weighted by Gasteiger charge is -2.10. The van der Waals surface area contributed by atoms with Gasteiger partial charge in [0.15, 0.2) is 11.6 Å². The second-order valence-corrected chi connectivity index (χ2v) is 6.24. The molecule has 0 unspecified atom stereocenters. The molecule has 3 aromatic rings. The number of hydrogen-bond acceptors (Lipinski definition) is 9. The van der Waals surface area contributed by atoms with E-state index in [2.05, 4.69) is 19.9 Å². The van der Waals surface area contributed by atoms with Crippen LogP contribution in [0.3, 0.4) is 0 Å². The van der Waals surface area contributed by atoms with E-state index >= 15 is 0 Å². The number of nitrogens with zero attached hydrogens (tertiary/aromatic N) is 3. The lowest BCUT2D eigenvalue weighted by molar-refractivity contribution is 0.273. The quantitative estimate of drug-likeness (QED) is 0.421. The maximum Gasteiger partial charge on any atom is 0.318 e. The average Bonchev–Trinajstić information content (AvgIpc) is 2.73. The molecule has 0 aliphatic heterocycles. The molecule has 1 aromatic heterocycles. The Morgan fingerprint density at radius 2 is 2.11 bits per heavy atom. The van der Waals surface area contributed by atoms with Crippen LogP contribution in [0.1, 0.15) is 5.56 Å². The lowest BCUT2D eigenvalue weighted by atomic mass is 10.2. The highest BCUT2D eigenvalue weighted by molar-refractivity contribution is 8.00. The molecular weight excluding hydrogens is 387 g/mol. The molecule has 0 radical (unpaired) electrons. The highest BCUT2D eigenvalue weighted by atomic mass is 32.2. The van der Waals surface area contributed by atoms with E-state index in [0.29, 0.717) is 16.2 Å². The number of anilines is 1. The number of methoxy groups -OCH3 is 1. The van der Waals surface area contributed by atoms with Crippen molar-refractivity contribution in [2.75, 3.05) is 11.8 Å². The zero-order chi connectivity index (χ0) is 19.9. The lowest BCUT2D eigenvalue weighted by Crippen LogP contribution is -2.03. The van der Waals surface area contributed by atoms with E-state index in [1.54, 1.807) is 36.4 Å². The minimum atomic E-state index is -0.694. The van der Waals surface area contributed by atoms with Crippen LogP contribution in [-0.4, -0.2) is 22.2 Å². The normalized spacial score (nSPS) is 10.4. The van der Waals surface area contributed by atoms with Gasteiger partial charge in [-0.2, -0.15) is 4.98 Å². The van der Waals surface area contributed by atoms with Crippen LogP contribution in [0, 0.1) is 10.7 Å². The number of ether oxygens (including phenoxy) is 2. The second-order valence-electron chi connectivity index (χ2n) is 5.40. The van der Waals surface area contributed by atoms with Crippen molar-refractivity contribution in [2.45, 2.75) is 11.5 Å². The van der Waals surface area contributed by atoms with Crippen LogP contribution in [0.15, 0.2) is 58.7 Å². The molecule has 0 spiro atoms. The summed E-state index contributed by atoms with van der Waals surface area (Å²) in [4.78, 5) is 19.1. The van der Waals surface area contributed by atoms with Crippen molar-refractivity contribution < 1.29 is 19.0 Å². The number of aromatic nitrogens is 2. The van der Waals surface area contributed by atoms with Gasteiger partial charge in [0.25, 0.3) is 0 Å². The third-order valence-electron chi connectivity index (χ3n) is 3.59. The summed E-state index contributed by atoms with van der Waals surface area (Å²) < 4.78 is 27.2. The van der Waals surface area contributed by atoms with Crippen LogP contribution in [0.25, 0.3) is 0 Å². The summed E-state index contributed by atoms with van der Waals surface area (Å²) >= 11 is 0.983. The molecule has 0 saturated heterocycles. The molecule has 144 valence electrons. The van der Waals surface area contributed by atoms with Crippen molar-refractivity contribution in [3.63, 3.8) is 0 Å². The smallest absolute Gasteiger partial charge is 0.318 e. The number of halogens is 1. The Kier molecular flexibility index (Phi) is 6.22. The Labute approximate surface area is 163 Å². The second kappa shape index (κ2) is 9.00. The fourth-order valence-electron chi connectivity index (χ4n) is 2.16. The SMILES string of the molecule is COc1ccc(O)c(COc2ncc(F)c(NSc3ccccc3N=O)n2)c1. The number of nitrogens with one attached hydrogen (secondary N) is 1. The van der Waals surface area contributed by atoms with E-state index in [1.165, 1.54) is 13.2 Å².